The van der Waals surface area contributed by atoms with Crippen molar-refractivity contribution in [1.82, 2.24) is 4.90 Å². The number of halogens is 1. The Balaban J connectivity index is 1.75. The lowest BCUT2D eigenvalue weighted by Gasteiger charge is -2.29. The van der Waals surface area contributed by atoms with Crippen LogP contribution in [0.2, 0.25) is 5.02 Å². The van der Waals surface area contributed by atoms with Gasteiger partial charge in [-0.2, -0.15) is 0 Å². The van der Waals surface area contributed by atoms with E-state index >= 15 is 0 Å². The van der Waals surface area contributed by atoms with Gasteiger partial charge in [-0.1, -0.05) is 24.4 Å². The molecule has 22 heavy (non-hydrogen) atoms. The molecule has 0 bridgehead atoms. The molecule has 2 amide bonds. The second-order valence-corrected chi connectivity index (χ2v) is 6.37. The third kappa shape index (κ3) is 3.04. The number of nitrogens with zero attached hydrogens (tertiary/aromatic N) is 1. The Morgan fingerprint density at radius 3 is 2.73 bits per heavy atom. The van der Waals surface area contributed by atoms with Crippen LogP contribution in [0.15, 0.2) is 18.2 Å². The summed E-state index contributed by atoms with van der Waals surface area (Å²) in [7, 11) is 0. The number of carbonyl (C=O) groups excluding carboxylic acids is 2. The summed E-state index contributed by atoms with van der Waals surface area (Å²) in [6.45, 7) is -0.0412. The number of fused-ring (bicyclic) bond motifs is 1. The first-order chi connectivity index (χ1) is 10.5. The predicted octanol–water partition coefficient (Wildman–Crippen LogP) is 1.90. The molecule has 0 saturated heterocycles. The van der Waals surface area contributed by atoms with Crippen molar-refractivity contribution in [2.45, 2.75) is 44.2 Å². The monoisotopic (exact) mass is 322 g/mol. The Bertz CT molecular complexity index is 599. The minimum absolute atomic E-state index is 0.0412. The third-order valence-electron chi connectivity index (χ3n) is 4.35. The molecule has 0 aromatic heterocycles. The second-order valence-electron chi connectivity index (χ2n) is 5.93. The molecule has 1 aromatic carbocycles. The molecule has 5 nitrogen and oxygen atoms in total. The molecule has 118 valence electrons. The zero-order valence-corrected chi connectivity index (χ0v) is 13.0. The van der Waals surface area contributed by atoms with E-state index in [1.54, 1.807) is 17.0 Å². The molecule has 2 aliphatic rings. The number of nitrogens with two attached hydrogens (primary N) is 1. The van der Waals surface area contributed by atoms with Gasteiger partial charge in [-0.3, -0.25) is 9.59 Å². The van der Waals surface area contributed by atoms with Crippen LogP contribution >= 0.6 is 11.6 Å². The Kier molecular flexibility index (Phi) is 4.25. The molecular weight excluding hydrogens is 304 g/mol. The Morgan fingerprint density at radius 2 is 2.05 bits per heavy atom. The van der Waals surface area contributed by atoms with Gasteiger partial charge in [-0.25, -0.2) is 0 Å². The van der Waals surface area contributed by atoms with Crippen LogP contribution in [0.25, 0.3) is 0 Å². The van der Waals surface area contributed by atoms with Crippen LogP contribution in [-0.4, -0.2) is 35.4 Å². The number of amides is 2. The highest BCUT2D eigenvalue weighted by atomic mass is 35.5. The molecule has 1 fully saturated rings. The molecule has 1 heterocycles. The van der Waals surface area contributed by atoms with Gasteiger partial charge in [0.05, 0.1) is 6.54 Å². The zero-order valence-electron chi connectivity index (χ0n) is 12.3. The number of primary amides is 1. The second kappa shape index (κ2) is 6.16. The van der Waals surface area contributed by atoms with E-state index in [4.69, 9.17) is 22.1 Å². The fourth-order valence-corrected chi connectivity index (χ4v) is 3.51. The summed E-state index contributed by atoms with van der Waals surface area (Å²) in [5.41, 5.74) is 6.24. The molecule has 1 aliphatic heterocycles. The molecule has 1 unspecified atom stereocenters. The number of rotatable bonds is 4. The third-order valence-corrected chi connectivity index (χ3v) is 4.58. The van der Waals surface area contributed by atoms with E-state index in [0.717, 1.165) is 31.2 Å². The smallest absolute Gasteiger partial charge is 0.264 e. The number of hydrogen-bond donors (Lipinski definition) is 1. The molecule has 3 rings (SSSR count). The van der Waals surface area contributed by atoms with Crippen molar-refractivity contribution in [2.75, 3.05) is 6.54 Å². The Morgan fingerprint density at radius 1 is 1.32 bits per heavy atom. The van der Waals surface area contributed by atoms with Gasteiger partial charge in [0, 0.05) is 17.5 Å². The van der Waals surface area contributed by atoms with E-state index in [1.165, 1.54) is 0 Å². The largest absolute Gasteiger partial charge is 0.480 e. The standard InChI is InChI=1S/C16H19ClN2O3/c17-11-5-6-13-10(7-11)8-14(22-13)16(21)19(9-15(18)20)12-3-1-2-4-12/h5-7,12,14H,1-4,8-9H2,(H2,18,20). The molecule has 1 saturated carbocycles. The lowest BCUT2D eigenvalue weighted by atomic mass is 10.1. The van der Waals surface area contributed by atoms with Gasteiger partial charge in [0.1, 0.15) is 5.75 Å². The van der Waals surface area contributed by atoms with E-state index in [2.05, 4.69) is 0 Å². The van der Waals surface area contributed by atoms with Crippen LogP contribution in [-0.2, 0) is 16.0 Å². The Hall–Kier alpha value is -1.75. The summed E-state index contributed by atoms with van der Waals surface area (Å²) in [5.74, 6) is 0.0463. The topological polar surface area (TPSA) is 72.6 Å². The summed E-state index contributed by atoms with van der Waals surface area (Å²) in [6.07, 6.45) is 3.89. The van der Waals surface area contributed by atoms with E-state index in [0.29, 0.717) is 17.2 Å². The average Bonchev–Trinajstić information content (AvgIpc) is 3.12. The van der Waals surface area contributed by atoms with Crippen molar-refractivity contribution < 1.29 is 14.3 Å². The fourth-order valence-electron chi connectivity index (χ4n) is 3.31. The van der Waals surface area contributed by atoms with E-state index in [1.807, 2.05) is 6.07 Å². The molecule has 0 spiro atoms. The lowest BCUT2D eigenvalue weighted by Crippen LogP contribution is -2.49. The molecule has 1 aromatic rings. The first-order valence-electron chi connectivity index (χ1n) is 7.58. The minimum Gasteiger partial charge on any atom is -0.480 e. The maximum absolute atomic E-state index is 12.8. The first kappa shape index (κ1) is 15.2. The van der Waals surface area contributed by atoms with Crippen molar-refractivity contribution in [1.29, 1.82) is 0 Å². The van der Waals surface area contributed by atoms with Gasteiger partial charge in [-0.05, 0) is 36.6 Å². The van der Waals surface area contributed by atoms with Gasteiger partial charge in [0.25, 0.3) is 5.91 Å². The normalized spacial score (nSPS) is 20.5. The predicted molar refractivity (Wildman–Crippen MR) is 82.7 cm³/mol. The average molecular weight is 323 g/mol. The molecule has 1 atom stereocenters. The molecular formula is C16H19ClN2O3. The number of hydrogen-bond acceptors (Lipinski definition) is 3. The molecule has 0 radical (unpaired) electrons. The van der Waals surface area contributed by atoms with Crippen molar-refractivity contribution >= 4 is 23.4 Å². The fraction of sp³-hybridized carbons (Fsp3) is 0.500. The van der Waals surface area contributed by atoms with E-state index < -0.39 is 12.0 Å². The van der Waals surface area contributed by atoms with Crippen molar-refractivity contribution in [3.8, 4) is 5.75 Å². The molecule has 6 heteroatoms. The SMILES string of the molecule is NC(=O)CN(C(=O)C1Cc2cc(Cl)ccc2O1)C1CCCC1. The van der Waals surface area contributed by atoms with Gasteiger partial charge >= 0.3 is 0 Å². The first-order valence-corrected chi connectivity index (χ1v) is 7.96. The van der Waals surface area contributed by atoms with Crippen molar-refractivity contribution in [3.05, 3.63) is 28.8 Å². The van der Waals surface area contributed by atoms with Gasteiger partial charge < -0.3 is 15.4 Å². The summed E-state index contributed by atoms with van der Waals surface area (Å²) >= 11 is 5.97. The zero-order chi connectivity index (χ0) is 15.7. The highest BCUT2D eigenvalue weighted by Gasteiger charge is 2.36. The number of carbonyl (C=O) groups is 2. The highest BCUT2D eigenvalue weighted by Crippen LogP contribution is 2.33. The lowest BCUT2D eigenvalue weighted by molar-refractivity contribution is -0.143. The summed E-state index contributed by atoms with van der Waals surface area (Å²) in [6, 6.07) is 5.43. The van der Waals surface area contributed by atoms with Gasteiger partial charge in [0.2, 0.25) is 5.91 Å². The van der Waals surface area contributed by atoms with Crippen LogP contribution in [0.5, 0.6) is 5.75 Å². The molecule has 2 N–H and O–H groups in total. The summed E-state index contributed by atoms with van der Waals surface area (Å²) < 4.78 is 5.74. The van der Waals surface area contributed by atoms with Crippen LogP contribution in [0.3, 0.4) is 0 Å². The maximum atomic E-state index is 12.8. The Labute approximate surface area is 134 Å². The maximum Gasteiger partial charge on any atom is 0.264 e. The number of ether oxygens (including phenoxy) is 1. The van der Waals surface area contributed by atoms with E-state index in [9.17, 15) is 9.59 Å². The van der Waals surface area contributed by atoms with E-state index in [-0.39, 0.29) is 18.5 Å². The van der Waals surface area contributed by atoms with Crippen molar-refractivity contribution in [2.24, 2.45) is 5.73 Å². The van der Waals surface area contributed by atoms with Gasteiger partial charge in [0.15, 0.2) is 6.10 Å². The van der Waals surface area contributed by atoms with Crippen molar-refractivity contribution in [3.63, 3.8) is 0 Å². The summed E-state index contributed by atoms with van der Waals surface area (Å²) in [4.78, 5) is 25.7. The summed E-state index contributed by atoms with van der Waals surface area (Å²) in [5, 5.41) is 0.625. The van der Waals surface area contributed by atoms with Crippen LogP contribution < -0.4 is 10.5 Å². The molecule has 1 aliphatic carbocycles. The highest BCUT2D eigenvalue weighted by molar-refractivity contribution is 6.30. The van der Waals surface area contributed by atoms with Crippen LogP contribution in [0, 0.1) is 0 Å². The minimum atomic E-state index is -0.589. The number of benzene rings is 1. The van der Waals surface area contributed by atoms with Gasteiger partial charge in [-0.15, -0.1) is 0 Å². The van der Waals surface area contributed by atoms with Crippen LogP contribution in [0.1, 0.15) is 31.2 Å². The van der Waals surface area contributed by atoms with Crippen LogP contribution in [0.4, 0.5) is 0 Å². The quantitative estimate of drug-likeness (QED) is 0.920.